The molecule has 1 aromatic carbocycles. The average Bonchev–Trinajstić information content (AvgIpc) is 2.76. The van der Waals surface area contributed by atoms with Crippen LogP contribution in [0.4, 0.5) is 13.2 Å². The number of rotatable bonds is 5. The van der Waals surface area contributed by atoms with Crippen LogP contribution in [-0.4, -0.2) is 41.6 Å². The zero-order valence-electron chi connectivity index (χ0n) is 12.0. The smallest absolute Gasteiger partial charge is 0.422 e. The normalized spacial score (nSPS) is 13.7. The molecule has 0 aliphatic carbocycles. The summed E-state index contributed by atoms with van der Waals surface area (Å²) in [6, 6.07) is 5.79. The molecule has 0 radical (unpaired) electrons. The van der Waals surface area contributed by atoms with Gasteiger partial charge >= 0.3 is 18.1 Å². The van der Waals surface area contributed by atoms with Gasteiger partial charge in [-0.1, -0.05) is 17.2 Å². The Kier molecular flexibility index (Phi) is 4.86. The van der Waals surface area contributed by atoms with Gasteiger partial charge in [0.25, 0.3) is 11.8 Å². The molecule has 0 fully saturated rings. The van der Waals surface area contributed by atoms with Crippen molar-refractivity contribution in [1.82, 2.24) is 5.06 Å². The highest BCUT2D eigenvalue weighted by atomic mass is 19.4. The lowest BCUT2D eigenvalue weighted by Crippen LogP contribution is -2.32. The van der Waals surface area contributed by atoms with Gasteiger partial charge in [-0.25, -0.2) is 4.79 Å². The van der Waals surface area contributed by atoms with E-state index < -0.39 is 49.4 Å². The van der Waals surface area contributed by atoms with Crippen LogP contribution in [0.15, 0.2) is 24.3 Å². The molecule has 0 N–H and O–H groups in total. The number of hydrogen-bond acceptors (Lipinski definition) is 6. The van der Waals surface area contributed by atoms with Crippen LogP contribution in [0.5, 0.6) is 0 Å². The van der Waals surface area contributed by atoms with E-state index in [-0.39, 0.29) is 16.2 Å². The summed E-state index contributed by atoms with van der Waals surface area (Å²) in [6.07, 6.45) is -6.00. The molecule has 7 nitrogen and oxygen atoms in total. The first-order chi connectivity index (χ1) is 11.2. The number of amides is 2. The van der Waals surface area contributed by atoms with Gasteiger partial charge in [-0.15, -0.1) is 0 Å². The van der Waals surface area contributed by atoms with Gasteiger partial charge in [0, 0.05) is 0 Å². The molecule has 0 aromatic heterocycles. The number of halogens is 3. The predicted octanol–water partition coefficient (Wildman–Crippen LogP) is 1.63. The highest BCUT2D eigenvalue weighted by Gasteiger charge is 2.38. The second-order valence-corrected chi connectivity index (χ2v) is 4.69. The summed E-state index contributed by atoms with van der Waals surface area (Å²) in [5.74, 6) is -4.08. The van der Waals surface area contributed by atoms with E-state index in [1.54, 1.807) is 0 Å². The number of esters is 1. The van der Waals surface area contributed by atoms with Gasteiger partial charge < -0.3 is 9.57 Å². The maximum atomic E-state index is 11.9. The molecule has 0 saturated carbocycles. The Morgan fingerprint density at radius 2 is 1.46 bits per heavy atom. The molecule has 0 unspecified atom stereocenters. The summed E-state index contributed by atoms with van der Waals surface area (Å²) in [5, 5.41) is 0.244. The van der Waals surface area contributed by atoms with Crippen molar-refractivity contribution in [2.24, 2.45) is 0 Å². The number of benzene rings is 1. The molecular weight excluding hydrogens is 335 g/mol. The van der Waals surface area contributed by atoms with Crippen LogP contribution in [0, 0.1) is 0 Å². The minimum Gasteiger partial charge on any atom is -0.456 e. The van der Waals surface area contributed by atoms with Gasteiger partial charge in [0.05, 0.1) is 24.0 Å². The van der Waals surface area contributed by atoms with Crippen molar-refractivity contribution < 1.29 is 41.9 Å². The summed E-state index contributed by atoms with van der Waals surface area (Å²) in [4.78, 5) is 51.0. The standard InChI is InChI=1S/C14H10F3NO6/c15-14(16,17)7-23-10(19)5-6-11(20)24-18-12(21)8-3-1-2-4-9(8)13(18)22/h1-4H,5-7H2. The van der Waals surface area contributed by atoms with Crippen LogP contribution in [0.3, 0.4) is 0 Å². The number of fused-ring (bicyclic) bond motifs is 1. The first-order valence-electron chi connectivity index (χ1n) is 6.60. The highest BCUT2D eigenvalue weighted by molar-refractivity contribution is 6.20. The minimum absolute atomic E-state index is 0.0555. The van der Waals surface area contributed by atoms with E-state index in [1.807, 2.05) is 0 Å². The zero-order chi connectivity index (χ0) is 17.9. The van der Waals surface area contributed by atoms with Gasteiger partial charge in [-0.3, -0.25) is 14.4 Å². The van der Waals surface area contributed by atoms with Crippen LogP contribution >= 0.6 is 0 Å². The molecule has 0 spiro atoms. The third-order valence-electron chi connectivity index (χ3n) is 2.88. The van der Waals surface area contributed by atoms with Gasteiger partial charge in [-0.05, 0) is 12.1 Å². The number of alkyl halides is 3. The first-order valence-corrected chi connectivity index (χ1v) is 6.60. The summed E-state index contributed by atoms with van der Waals surface area (Å²) in [6.45, 7) is -1.76. The van der Waals surface area contributed by atoms with E-state index in [1.165, 1.54) is 24.3 Å². The molecule has 1 aliphatic rings. The third kappa shape index (κ3) is 4.09. The van der Waals surface area contributed by atoms with E-state index in [0.29, 0.717) is 0 Å². The van der Waals surface area contributed by atoms with E-state index in [0.717, 1.165) is 0 Å². The van der Waals surface area contributed by atoms with Gasteiger partial charge in [0.1, 0.15) is 0 Å². The fourth-order valence-corrected chi connectivity index (χ4v) is 1.84. The maximum absolute atomic E-state index is 11.9. The maximum Gasteiger partial charge on any atom is 0.422 e. The second-order valence-electron chi connectivity index (χ2n) is 4.69. The van der Waals surface area contributed by atoms with E-state index >= 15 is 0 Å². The number of hydroxylamine groups is 2. The van der Waals surface area contributed by atoms with Crippen molar-refractivity contribution in [3.63, 3.8) is 0 Å². The lowest BCUT2D eigenvalue weighted by atomic mass is 10.1. The van der Waals surface area contributed by atoms with Crippen LogP contribution in [-0.2, 0) is 19.2 Å². The Labute approximate surface area is 132 Å². The lowest BCUT2D eigenvalue weighted by Gasteiger charge is -2.12. The van der Waals surface area contributed by atoms with Crippen molar-refractivity contribution >= 4 is 23.8 Å². The first kappa shape index (κ1) is 17.4. The lowest BCUT2D eigenvalue weighted by molar-refractivity contribution is -0.187. The molecule has 1 heterocycles. The van der Waals surface area contributed by atoms with Crippen molar-refractivity contribution in [3.8, 4) is 0 Å². The number of nitrogens with zero attached hydrogens (tertiary/aromatic N) is 1. The monoisotopic (exact) mass is 345 g/mol. The summed E-state index contributed by atoms with van der Waals surface area (Å²) in [5.41, 5.74) is 0.111. The summed E-state index contributed by atoms with van der Waals surface area (Å²) in [7, 11) is 0. The van der Waals surface area contributed by atoms with Gasteiger partial charge in [-0.2, -0.15) is 13.2 Å². The SMILES string of the molecule is O=C(CCC(=O)ON1C(=O)c2ccccc2C1=O)OCC(F)(F)F. The average molecular weight is 345 g/mol. The molecule has 2 rings (SSSR count). The molecule has 10 heteroatoms. The van der Waals surface area contributed by atoms with Crippen LogP contribution < -0.4 is 0 Å². The molecule has 0 bridgehead atoms. The van der Waals surface area contributed by atoms with Crippen LogP contribution in [0.1, 0.15) is 33.6 Å². The predicted molar refractivity (Wildman–Crippen MR) is 69.3 cm³/mol. The molecule has 2 amide bonds. The third-order valence-corrected chi connectivity index (χ3v) is 2.88. The Balaban J connectivity index is 1.85. The number of hydrogen-bond donors (Lipinski definition) is 0. The van der Waals surface area contributed by atoms with E-state index in [9.17, 15) is 32.3 Å². The van der Waals surface area contributed by atoms with Crippen molar-refractivity contribution in [2.75, 3.05) is 6.61 Å². The molecule has 24 heavy (non-hydrogen) atoms. The molecule has 1 aromatic rings. The summed E-state index contributed by atoms with van der Waals surface area (Å²) >= 11 is 0. The van der Waals surface area contributed by atoms with E-state index in [4.69, 9.17) is 0 Å². The Morgan fingerprint density at radius 1 is 0.958 bits per heavy atom. The van der Waals surface area contributed by atoms with Crippen molar-refractivity contribution in [1.29, 1.82) is 0 Å². The Morgan fingerprint density at radius 3 is 1.96 bits per heavy atom. The molecular formula is C14H10F3NO6. The van der Waals surface area contributed by atoms with Crippen molar-refractivity contribution in [2.45, 2.75) is 19.0 Å². The minimum atomic E-state index is -4.67. The van der Waals surface area contributed by atoms with Gasteiger partial charge in [0.2, 0.25) is 0 Å². The molecule has 0 atom stereocenters. The van der Waals surface area contributed by atoms with Crippen LogP contribution in [0.25, 0.3) is 0 Å². The topological polar surface area (TPSA) is 90.0 Å². The number of carbonyl (C=O) groups excluding carboxylic acids is 4. The summed E-state index contributed by atoms with van der Waals surface area (Å²) < 4.78 is 39.5. The van der Waals surface area contributed by atoms with Gasteiger partial charge in [0.15, 0.2) is 6.61 Å². The zero-order valence-corrected chi connectivity index (χ0v) is 12.0. The van der Waals surface area contributed by atoms with Crippen molar-refractivity contribution in [3.05, 3.63) is 35.4 Å². The molecule has 0 saturated heterocycles. The Hall–Kier alpha value is -2.91. The quantitative estimate of drug-likeness (QED) is 0.595. The fourth-order valence-electron chi connectivity index (χ4n) is 1.84. The number of imide groups is 1. The van der Waals surface area contributed by atoms with Crippen LogP contribution in [0.2, 0.25) is 0 Å². The number of ether oxygens (including phenoxy) is 1. The molecule has 128 valence electrons. The second kappa shape index (κ2) is 6.69. The molecule has 1 aliphatic heterocycles. The van der Waals surface area contributed by atoms with E-state index in [2.05, 4.69) is 9.57 Å². The largest absolute Gasteiger partial charge is 0.456 e. The fraction of sp³-hybridized carbons (Fsp3) is 0.286. The number of carbonyl (C=O) groups is 4. The Bertz CT molecular complexity index is 665. The highest BCUT2D eigenvalue weighted by Crippen LogP contribution is 2.23.